The summed E-state index contributed by atoms with van der Waals surface area (Å²) in [6.07, 6.45) is 4.79. The van der Waals surface area contributed by atoms with Crippen LogP contribution in [0.15, 0.2) is 12.2 Å². The molecular weight excluding hydrogens is 228 g/mol. The van der Waals surface area contributed by atoms with Gasteiger partial charge in [0.1, 0.15) is 0 Å². The highest BCUT2D eigenvalue weighted by atomic mass is 16.5. The molecule has 0 aromatic carbocycles. The molecule has 3 N–H and O–H groups in total. The van der Waals surface area contributed by atoms with Crippen LogP contribution in [0.3, 0.4) is 0 Å². The van der Waals surface area contributed by atoms with Gasteiger partial charge < -0.3 is 20.5 Å². The SMILES string of the molecule is C=C(C)COCCNC1(CN)CCCC(OC)C1. The van der Waals surface area contributed by atoms with Gasteiger partial charge in [0.25, 0.3) is 0 Å². The quantitative estimate of drug-likeness (QED) is 0.510. The minimum atomic E-state index is 0.0332. The van der Waals surface area contributed by atoms with Crippen LogP contribution in [0.25, 0.3) is 0 Å². The van der Waals surface area contributed by atoms with Crippen molar-refractivity contribution in [2.75, 3.05) is 33.4 Å². The fraction of sp³-hybridized carbons (Fsp3) is 0.857. The molecule has 0 aliphatic heterocycles. The van der Waals surface area contributed by atoms with Gasteiger partial charge in [-0.1, -0.05) is 12.2 Å². The monoisotopic (exact) mass is 256 g/mol. The third-order valence-corrected chi connectivity index (χ3v) is 3.62. The van der Waals surface area contributed by atoms with E-state index in [0.717, 1.165) is 31.4 Å². The van der Waals surface area contributed by atoms with Crippen LogP contribution < -0.4 is 11.1 Å². The summed E-state index contributed by atoms with van der Waals surface area (Å²) in [5.74, 6) is 0. The Kier molecular flexibility index (Phi) is 6.86. The predicted molar refractivity (Wildman–Crippen MR) is 74.7 cm³/mol. The van der Waals surface area contributed by atoms with Gasteiger partial charge in [0.15, 0.2) is 0 Å². The smallest absolute Gasteiger partial charge is 0.0672 e. The zero-order valence-electron chi connectivity index (χ0n) is 11.8. The molecule has 106 valence electrons. The van der Waals surface area contributed by atoms with Gasteiger partial charge in [0.2, 0.25) is 0 Å². The number of hydrogen-bond acceptors (Lipinski definition) is 4. The van der Waals surface area contributed by atoms with Crippen molar-refractivity contribution in [3.8, 4) is 0 Å². The molecule has 0 saturated heterocycles. The van der Waals surface area contributed by atoms with Gasteiger partial charge in [-0.25, -0.2) is 0 Å². The van der Waals surface area contributed by atoms with E-state index in [4.69, 9.17) is 15.2 Å². The summed E-state index contributed by atoms with van der Waals surface area (Å²) in [7, 11) is 1.78. The van der Waals surface area contributed by atoms with E-state index in [9.17, 15) is 0 Å². The fourth-order valence-electron chi connectivity index (χ4n) is 2.56. The molecule has 1 aliphatic carbocycles. The predicted octanol–water partition coefficient (Wildman–Crippen LogP) is 1.46. The molecule has 1 rings (SSSR count). The maximum absolute atomic E-state index is 5.95. The van der Waals surface area contributed by atoms with Gasteiger partial charge in [-0.3, -0.25) is 0 Å². The maximum Gasteiger partial charge on any atom is 0.0672 e. The van der Waals surface area contributed by atoms with Gasteiger partial charge in [-0.2, -0.15) is 0 Å². The van der Waals surface area contributed by atoms with Gasteiger partial charge in [0, 0.05) is 25.7 Å². The maximum atomic E-state index is 5.95. The van der Waals surface area contributed by atoms with Crippen molar-refractivity contribution in [1.82, 2.24) is 5.32 Å². The van der Waals surface area contributed by atoms with Crippen molar-refractivity contribution in [2.24, 2.45) is 5.73 Å². The fourth-order valence-corrected chi connectivity index (χ4v) is 2.56. The van der Waals surface area contributed by atoms with E-state index >= 15 is 0 Å². The van der Waals surface area contributed by atoms with Crippen molar-refractivity contribution in [2.45, 2.75) is 44.2 Å². The lowest BCUT2D eigenvalue weighted by molar-refractivity contribution is 0.0301. The Labute approximate surface area is 111 Å². The van der Waals surface area contributed by atoms with Crippen molar-refractivity contribution >= 4 is 0 Å². The molecule has 0 aromatic heterocycles. The third kappa shape index (κ3) is 5.06. The normalized spacial score (nSPS) is 28.3. The van der Waals surface area contributed by atoms with Gasteiger partial charge in [-0.05, 0) is 32.6 Å². The van der Waals surface area contributed by atoms with E-state index in [0.29, 0.717) is 25.9 Å². The Hall–Kier alpha value is -0.420. The van der Waals surface area contributed by atoms with Gasteiger partial charge >= 0.3 is 0 Å². The second kappa shape index (κ2) is 7.89. The molecule has 1 saturated carbocycles. The average molecular weight is 256 g/mol. The molecule has 0 bridgehead atoms. The number of nitrogens with two attached hydrogens (primary N) is 1. The number of rotatable bonds is 8. The second-order valence-electron chi connectivity index (χ2n) is 5.37. The molecular formula is C14H28N2O2. The largest absolute Gasteiger partial charge is 0.381 e. The molecule has 1 aliphatic rings. The first kappa shape index (κ1) is 15.6. The minimum Gasteiger partial charge on any atom is -0.381 e. The summed E-state index contributed by atoms with van der Waals surface area (Å²) in [6.45, 7) is 8.61. The lowest BCUT2D eigenvalue weighted by Crippen LogP contribution is -2.56. The van der Waals surface area contributed by atoms with Crippen molar-refractivity contribution in [3.63, 3.8) is 0 Å². The van der Waals surface area contributed by atoms with Crippen LogP contribution in [0.1, 0.15) is 32.6 Å². The lowest BCUT2D eigenvalue weighted by Gasteiger charge is -2.40. The summed E-state index contributed by atoms with van der Waals surface area (Å²) in [6, 6.07) is 0. The highest BCUT2D eigenvalue weighted by Gasteiger charge is 2.34. The Morgan fingerprint density at radius 3 is 2.94 bits per heavy atom. The molecule has 4 nitrogen and oxygen atoms in total. The highest BCUT2D eigenvalue weighted by molar-refractivity contribution is 4.95. The minimum absolute atomic E-state index is 0.0332. The van der Waals surface area contributed by atoms with E-state index in [-0.39, 0.29) is 5.54 Å². The zero-order valence-corrected chi connectivity index (χ0v) is 11.8. The van der Waals surface area contributed by atoms with Crippen LogP contribution in [0.2, 0.25) is 0 Å². The summed E-state index contributed by atoms with van der Waals surface area (Å²) < 4.78 is 11.0. The van der Waals surface area contributed by atoms with E-state index in [1.54, 1.807) is 7.11 Å². The van der Waals surface area contributed by atoms with E-state index in [1.807, 2.05) is 6.92 Å². The molecule has 0 heterocycles. The van der Waals surface area contributed by atoms with E-state index in [1.165, 1.54) is 6.42 Å². The Balaban J connectivity index is 2.29. The zero-order chi connectivity index (χ0) is 13.4. The first-order chi connectivity index (χ1) is 8.62. The third-order valence-electron chi connectivity index (χ3n) is 3.62. The van der Waals surface area contributed by atoms with Crippen LogP contribution in [-0.4, -0.2) is 45.1 Å². The molecule has 0 amide bonds. The first-order valence-corrected chi connectivity index (χ1v) is 6.82. The van der Waals surface area contributed by atoms with Crippen LogP contribution in [-0.2, 0) is 9.47 Å². The van der Waals surface area contributed by atoms with Crippen molar-refractivity contribution in [3.05, 3.63) is 12.2 Å². The molecule has 4 heteroatoms. The lowest BCUT2D eigenvalue weighted by atomic mass is 9.80. The standard InChI is InChI=1S/C14H28N2O2/c1-12(2)10-18-8-7-16-14(11-15)6-4-5-13(9-14)17-3/h13,16H,1,4-11,15H2,2-3H3. The molecule has 2 atom stereocenters. The molecule has 0 aromatic rings. The highest BCUT2D eigenvalue weighted by Crippen LogP contribution is 2.29. The molecule has 1 fully saturated rings. The Bertz CT molecular complexity index is 258. The Morgan fingerprint density at radius 1 is 1.56 bits per heavy atom. The summed E-state index contributed by atoms with van der Waals surface area (Å²) in [4.78, 5) is 0. The molecule has 18 heavy (non-hydrogen) atoms. The summed E-state index contributed by atoms with van der Waals surface area (Å²) in [5.41, 5.74) is 7.03. The average Bonchev–Trinajstić information content (AvgIpc) is 2.38. The number of hydrogen-bond donors (Lipinski definition) is 2. The van der Waals surface area contributed by atoms with Crippen LogP contribution >= 0.6 is 0 Å². The summed E-state index contributed by atoms with van der Waals surface area (Å²) in [5, 5.41) is 3.56. The second-order valence-corrected chi connectivity index (χ2v) is 5.37. The van der Waals surface area contributed by atoms with Crippen LogP contribution in [0.4, 0.5) is 0 Å². The topological polar surface area (TPSA) is 56.5 Å². The molecule has 0 radical (unpaired) electrons. The number of ether oxygens (including phenoxy) is 2. The van der Waals surface area contributed by atoms with Crippen molar-refractivity contribution in [1.29, 1.82) is 0 Å². The molecule has 0 spiro atoms. The van der Waals surface area contributed by atoms with Crippen LogP contribution in [0, 0.1) is 0 Å². The van der Waals surface area contributed by atoms with Crippen molar-refractivity contribution < 1.29 is 9.47 Å². The van der Waals surface area contributed by atoms with Gasteiger partial charge in [-0.15, -0.1) is 0 Å². The first-order valence-electron chi connectivity index (χ1n) is 6.82. The van der Waals surface area contributed by atoms with Gasteiger partial charge in [0.05, 0.1) is 19.3 Å². The summed E-state index contributed by atoms with van der Waals surface area (Å²) >= 11 is 0. The van der Waals surface area contributed by atoms with Crippen LogP contribution in [0.5, 0.6) is 0 Å². The molecule has 2 unspecified atom stereocenters. The van der Waals surface area contributed by atoms with E-state index in [2.05, 4.69) is 11.9 Å². The number of nitrogens with one attached hydrogen (secondary N) is 1. The van der Waals surface area contributed by atoms with E-state index < -0.39 is 0 Å². The Morgan fingerprint density at radius 2 is 2.33 bits per heavy atom. The number of methoxy groups -OCH3 is 1.